The van der Waals surface area contributed by atoms with E-state index in [0.717, 1.165) is 6.04 Å². The van der Waals surface area contributed by atoms with Crippen LogP contribution in [0.3, 0.4) is 0 Å². The molecule has 2 unspecified atom stereocenters. The molecule has 0 spiro atoms. The molecule has 2 bridgehead atoms. The van der Waals surface area contributed by atoms with Gasteiger partial charge in [0.05, 0.1) is 9.08 Å². The van der Waals surface area contributed by atoms with Crippen LogP contribution in [0.5, 0.6) is 0 Å². The van der Waals surface area contributed by atoms with Crippen LogP contribution < -0.4 is 0 Å². The second-order valence-electron chi connectivity index (χ2n) is 4.33. The molecule has 2 aliphatic rings. The quantitative estimate of drug-likeness (QED) is 0.735. The summed E-state index contributed by atoms with van der Waals surface area (Å²) in [4.78, 5) is 7.00. The number of thiazole rings is 1. The molecule has 0 amide bonds. The highest BCUT2D eigenvalue weighted by atomic mass is 127. The summed E-state index contributed by atoms with van der Waals surface area (Å²) in [6.45, 7) is 0. The molecule has 0 aliphatic carbocycles. The fraction of sp³-hybridized carbons (Fsp3) is 0.545. The molecule has 2 nitrogen and oxygen atoms in total. The van der Waals surface area contributed by atoms with Crippen LogP contribution in [-0.4, -0.2) is 29.0 Å². The molecule has 80 valence electrons. The van der Waals surface area contributed by atoms with Gasteiger partial charge in [0.2, 0.25) is 0 Å². The second kappa shape index (κ2) is 3.82. The van der Waals surface area contributed by atoms with E-state index < -0.39 is 0 Å². The van der Waals surface area contributed by atoms with Gasteiger partial charge >= 0.3 is 0 Å². The Hall–Kier alpha value is 0.0600. The van der Waals surface area contributed by atoms with Gasteiger partial charge in [-0.15, -0.1) is 11.3 Å². The van der Waals surface area contributed by atoms with Crippen molar-refractivity contribution >= 4 is 39.5 Å². The molecule has 3 rings (SSSR count). The van der Waals surface area contributed by atoms with Crippen molar-refractivity contribution in [1.29, 1.82) is 0 Å². The molecule has 2 aliphatic heterocycles. The Bertz CT molecular complexity index is 412. The number of fused-ring (bicyclic) bond motifs is 2. The lowest BCUT2D eigenvalue weighted by molar-refractivity contribution is 0.264. The summed E-state index contributed by atoms with van der Waals surface area (Å²) in [6, 6.07) is 1.43. The number of nitrogens with zero attached hydrogens (tertiary/aromatic N) is 2. The van der Waals surface area contributed by atoms with Crippen LogP contribution in [0.15, 0.2) is 12.3 Å². The van der Waals surface area contributed by atoms with Gasteiger partial charge in [0, 0.05) is 12.1 Å². The molecule has 1 aromatic rings. The molecule has 1 saturated heterocycles. The summed E-state index contributed by atoms with van der Waals surface area (Å²) in [5, 5.41) is 1.24. The Balaban J connectivity index is 1.93. The zero-order chi connectivity index (χ0) is 10.4. The number of halogens is 1. The Labute approximate surface area is 108 Å². The van der Waals surface area contributed by atoms with Crippen molar-refractivity contribution in [2.45, 2.75) is 31.3 Å². The highest BCUT2D eigenvalue weighted by Crippen LogP contribution is 2.38. The lowest BCUT2D eigenvalue weighted by Crippen LogP contribution is -2.34. The Morgan fingerprint density at radius 3 is 3.07 bits per heavy atom. The number of rotatable bonds is 1. The minimum atomic E-state index is 0.667. The number of hydrogen-bond donors (Lipinski definition) is 0. The molecule has 3 heterocycles. The van der Waals surface area contributed by atoms with Gasteiger partial charge in [0.15, 0.2) is 0 Å². The molecule has 0 N–H and O–H groups in total. The minimum Gasteiger partial charge on any atom is -0.297 e. The lowest BCUT2D eigenvalue weighted by atomic mass is 10.0. The van der Waals surface area contributed by atoms with Gasteiger partial charge in [-0.1, -0.05) is 6.08 Å². The number of aromatic nitrogens is 1. The van der Waals surface area contributed by atoms with Gasteiger partial charge in [-0.05, 0) is 54.5 Å². The van der Waals surface area contributed by atoms with E-state index in [4.69, 9.17) is 0 Å². The first-order chi connectivity index (χ1) is 7.24. The summed E-state index contributed by atoms with van der Waals surface area (Å²) in [5.74, 6) is 0. The molecular weight excluding hydrogens is 319 g/mol. The maximum absolute atomic E-state index is 4.49. The number of hydrogen-bond acceptors (Lipinski definition) is 3. The fourth-order valence-corrected chi connectivity index (χ4v) is 4.05. The van der Waals surface area contributed by atoms with Gasteiger partial charge in [-0.3, -0.25) is 4.90 Å². The Kier molecular flexibility index (Phi) is 2.60. The van der Waals surface area contributed by atoms with Crippen LogP contribution in [0.25, 0.3) is 5.57 Å². The summed E-state index contributed by atoms with van der Waals surface area (Å²) in [6.07, 6.45) is 8.27. The van der Waals surface area contributed by atoms with Crippen LogP contribution in [-0.2, 0) is 0 Å². The summed E-state index contributed by atoms with van der Waals surface area (Å²) in [5.41, 5.74) is 1.48. The predicted molar refractivity (Wildman–Crippen MR) is 72.0 cm³/mol. The molecule has 0 radical (unpaired) electrons. The third-order valence-corrected chi connectivity index (χ3v) is 5.30. The summed E-state index contributed by atoms with van der Waals surface area (Å²) >= 11 is 4.16. The van der Waals surface area contributed by atoms with Crippen LogP contribution in [0.2, 0.25) is 0 Å². The smallest absolute Gasteiger partial charge is 0.120 e. The zero-order valence-electron chi connectivity index (χ0n) is 8.61. The maximum Gasteiger partial charge on any atom is 0.120 e. The Morgan fingerprint density at radius 1 is 1.53 bits per heavy atom. The molecule has 2 atom stereocenters. The molecule has 1 aromatic heterocycles. The van der Waals surface area contributed by atoms with Crippen molar-refractivity contribution in [3.8, 4) is 0 Å². The largest absolute Gasteiger partial charge is 0.297 e. The third kappa shape index (κ3) is 1.76. The van der Waals surface area contributed by atoms with Crippen LogP contribution in [0, 0.1) is 2.88 Å². The van der Waals surface area contributed by atoms with Crippen molar-refractivity contribution in [2.24, 2.45) is 0 Å². The van der Waals surface area contributed by atoms with Gasteiger partial charge < -0.3 is 0 Å². The third-order valence-electron chi connectivity index (χ3n) is 3.50. The molecule has 1 fully saturated rings. The van der Waals surface area contributed by atoms with Gasteiger partial charge in [0.25, 0.3) is 0 Å². The SMILES string of the molecule is CN1C2C=C(c3ncc(I)s3)CC1CC2. The first-order valence-electron chi connectivity index (χ1n) is 5.28. The van der Waals surface area contributed by atoms with Gasteiger partial charge in [-0.25, -0.2) is 4.98 Å². The van der Waals surface area contributed by atoms with Crippen molar-refractivity contribution in [3.63, 3.8) is 0 Å². The van der Waals surface area contributed by atoms with E-state index in [-0.39, 0.29) is 0 Å². The summed E-state index contributed by atoms with van der Waals surface area (Å²) in [7, 11) is 2.25. The van der Waals surface area contributed by atoms with Gasteiger partial charge in [0.1, 0.15) is 5.01 Å². The van der Waals surface area contributed by atoms with Crippen molar-refractivity contribution in [3.05, 3.63) is 20.2 Å². The van der Waals surface area contributed by atoms with Crippen molar-refractivity contribution < 1.29 is 0 Å². The second-order valence-corrected chi connectivity index (χ2v) is 7.25. The summed E-state index contributed by atoms with van der Waals surface area (Å²) < 4.78 is 1.29. The minimum absolute atomic E-state index is 0.667. The van der Waals surface area contributed by atoms with E-state index in [1.807, 2.05) is 17.5 Å². The normalized spacial score (nSPS) is 30.7. The van der Waals surface area contributed by atoms with E-state index in [2.05, 4.69) is 45.6 Å². The predicted octanol–water partition coefficient (Wildman–Crippen LogP) is 3.00. The highest BCUT2D eigenvalue weighted by molar-refractivity contribution is 14.1. The monoisotopic (exact) mass is 332 g/mol. The van der Waals surface area contributed by atoms with Crippen LogP contribution in [0.1, 0.15) is 24.3 Å². The van der Waals surface area contributed by atoms with Crippen molar-refractivity contribution in [1.82, 2.24) is 9.88 Å². The van der Waals surface area contributed by atoms with E-state index in [1.54, 1.807) is 0 Å². The molecular formula is C11H13IN2S. The van der Waals surface area contributed by atoms with E-state index in [1.165, 1.54) is 32.7 Å². The van der Waals surface area contributed by atoms with E-state index in [0.29, 0.717) is 6.04 Å². The Morgan fingerprint density at radius 2 is 2.40 bits per heavy atom. The molecule has 15 heavy (non-hydrogen) atoms. The molecule has 4 heteroatoms. The fourth-order valence-electron chi connectivity index (χ4n) is 2.60. The topological polar surface area (TPSA) is 16.1 Å². The molecule has 0 aromatic carbocycles. The van der Waals surface area contributed by atoms with E-state index in [9.17, 15) is 0 Å². The van der Waals surface area contributed by atoms with E-state index >= 15 is 0 Å². The highest BCUT2D eigenvalue weighted by Gasteiger charge is 2.34. The first-order valence-corrected chi connectivity index (χ1v) is 7.18. The van der Waals surface area contributed by atoms with Crippen molar-refractivity contribution in [2.75, 3.05) is 7.05 Å². The van der Waals surface area contributed by atoms with Crippen LogP contribution >= 0.6 is 33.9 Å². The van der Waals surface area contributed by atoms with Crippen LogP contribution in [0.4, 0.5) is 0 Å². The zero-order valence-corrected chi connectivity index (χ0v) is 11.6. The lowest BCUT2D eigenvalue weighted by Gasteiger charge is -2.29. The maximum atomic E-state index is 4.49. The average molecular weight is 332 g/mol. The first kappa shape index (κ1) is 10.2. The van der Waals surface area contributed by atoms with Gasteiger partial charge in [-0.2, -0.15) is 0 Å². The molecule has 0 saturated carbocycles. The standard InChI is InChI=1S/C11H13IN2S/c1-14-8-2-3-9(14)5-7(4-8)11-13-6-10(12)15-11/h4,6,8-9H,2-3,5H2,1H3. The number of likely N-dealkylation sites (N-methyl/N-ethyl adjacent to an activating group) is 1. The average Bonchev–Trinajstić information content (AvgIpc) is 2.70.